The number of hydrogen-bond donors (Lipinski definition) is 1. The lowest BCUT2D eigenvalue weighted by Crippen LogP contribution is -2.00. The standard InChI is InChI=1S/C10H8F3N3/c11-7-1-6(2-8(12)10(7)13)3-16-4-9(14)15-5-16/h1-2,4-5H,3,14H2. The minimum absolute atomic E-state index is 0.179. The SMILES string of the molecule is Nc1cn(Cc2cc(F)c(F)c(F)c2)cn1. The molecule has 0 fully saturated rings. The van der Waals surface area contributed by atoms with E-state index in [2.05, 4.69) is 4.98 Å². The molecule has 0 aliphatic heterocycles. The topological polar surface area (TPSA) is 43.8 Å². The maximum Gasteiger partial charge on any atom is 0.194 e. The Balaban J connectivity index is 2.28. The molecule has 3 nitrogen and oxygen atoms in total. The molecule has 0 aliphatic carbocycles. The van der Waals surface area contributed by atoms with Crippen molar-refractivity contribution in [3.8, 4) is 0 Å². The van der Waals surface area contributed by atoms with E-state index in [4.69, 9.17) is 5.73 Å². The zero-order valence-electron chi connectivity index (χ0n) is 8.12. The maximum atomic E-state index is 12.9. The van der Waals surface area contributed by atoms with E-state index in [9.17, 15) is 13.2 Å². The summed E-state index contributed by atoms with van der Waals surface area (Å²) in [6.45, 7) is 0.179. The predicted octanol–water partition coefficient (Wildman–Crippen LogP) is 1.93. The van der Waals surface area contributed by atoms with Gasteiger partial charge in [0.15, 0.2) is 17.5 Å². The van der Waals surface area contributed by atoms with Gasteiger partial charge in [-0.25, -0.2) is 18.2 Å². The van der Waals surface area contributed by atoms with Gasteiger partial charge < -0.3 is 10.3 Å². The largest absolute Gasteiger partial charge is 0.382 e. The molecule has 0 unspecified atom stereocenters. The second-order valence-electron chi connectivity index (χ2n) is 3.34. The summed E-state index contributed by atoms with van der Waals surface area (Å²) in [7, 11) is 0. The highest BCUT2D eigenvalue weighted by Crippen LogP contribution is 2.14. The van der Waals surface area contributed by atoms with Crippen LogP contribution in [0.2, 0.25) is 0 Å². The number of aromatic nitrogens is 2. The molecule has 0 saturated heterocycles. The first kappa shape index (κ1) is 10.5. The highest BCUT2D eigenvalue weighted by Gasteiger charge is 2.10. The van der Waals surface area contributed by atoms with Crippen LogP contribution in [0, 0.1) is 17.5 Å². The van der Waals surface area contributed by atoms with Crippen LogP contribution in [0.4, 0.5) is 19.0 Å². The monoisotopic (exact) mass is 227 g/mol. The molecule has 2 aromatic rings. The third-order valence-corrected chi connectivity index (χ3v) is 2.06. The van der Waals surface area contributed by atoms with Gasteiger partial charge in [0.25, 0.3) is 0 Å². The first-order chi connectivity index (χ1) is 7.56. The quantitative estimate of drug-likeness (QED) is 0.796. The van der Waals surface area contributed by atoms with Gasteiger partial charge in [0, 0.05) is 12.7 Å². The summed E-state index contributed by atoms with van der Waals surface area (Å²) >= 11 is 0. The molecular weight excluding hydrogens is 219 g/mol. The Morgan fingerprint density at radius 3 is 2.31 bits per heavy atom. The van der Waals surface area contributed by atoms with Crippen molar-refractivity contribution in [2.24, 2.45) is 0 Å². The Morgan fingerprint density at radius 1 is 1.19 bits per heavy atom. The Morgan fingerprint density at radius 2 is 1.81 bits per heavy atom. The fraction of sp³-hybridized carbons (Fsp3) is 0.100. The Kier molecular flexibility index (Phi) is 2.55. The van der Waals surface area contributed by atoms with Gasteiger partial charge in [-0.1, -0.05) is 0 Å². The van der Waals surface area contributed by atoms with Crippen molar-refractivity contribution in [1.82, 2.24) is 9.55 Å². The summed E-state index contributed by atoms with van der Waals surface area (Å²) in [4.78, 5) is 3.75. The van der Waals surface area contributed by atoms with Gasteiger partial charge >= 0.3 is 0 Å². The molecular formula is C10H8F3N3. The summed E-state index contributed by atoms with van der Waals surface area (Å²) in [5.41, 5.74) is 5.68. The molecule has 1 aromatic heterocycles. The second-order valence-corrected chi connectivity index (χ2v) is 3.34. The molecule has 0 radical (unpaired) electrons. The average Bonchev–Trinajstić information content (AvgIpc) is 2.60. The molecule has 0 bridgehead atoms. The van der Waals surface area contributed by atoms with Crippen molar-refractivity contribution in [1.29, 1.82) is 0 Å². The van der Waals surface area contributed by atoms with Crippen molar-refractivity contribution in [3.63, 3.8) is 0 Å². The van der Waals surface area contributed by atoms with Crippen LogP contribution in [0.15, 0.2) is 24.7 Å². The zero-order chi connectivity index (χ0) is 11.7. The van der Waals surface area contributed by atoms with Gasteiger partial charge in [0.2, 0.25) is 0 Å². The molecule has 0 amide bonds. The van der Waals surface area contributed by atoms with E-state index in [1.54, 1.807) is 4.57 Å². The van der Waals surface area contributed by atoms with E-state index in [0.29, 0.717) is 11.4 Å². The van der Waals surface area contributed by atoms with Crippen LogP contribution in [-0.2, 0) is 6.54 Å². The summed E-state index contributed by atoms with van der Waals surface area (Å²) in [6, 6.07) is 1.88. The lowest BCUT2D eigenvalue weighted by atomic mass is 10.2. The summed E-state index contributed by atoms with van der Waals surface area (Å²) in [6.07, 6.45) is 2.94. The minimum Gasteiger partial charge on any atom is -0.382 e. The smallest absolute Gasteiger partial charge is 0.194 e. The van der Waals surface area contributed by atoms with E-state index in [1.807, 2.05) is 0 Å². The van der Waals surface area contributed by atoms with Gasteiger partial charge in [-0.2, -0.15) is 0 Å². The van der Waals surface area contributed by atoms with Crippen LogP contribution in [0.1, 0.15) is 5.56 Å². The number of nitrogens with zero attached hydrogens (tertiary/aromatic N) is 2. The molecule has 0 atom stereocenters. The van der Waals surface area contributed by atoms with E-state index < -0.39 is 17.5 Å². The van der Waals surface area contributed by atoms with Crippen LogP contribution < -0.4 is 5.73 Å². The molecule has 2 N–H and O–H groups in total. The lowest BCUT2D eigenvalue weighted by Gasteiger charge is -2.03. The number of rotatable bonds is 2. The molecule has 0 spiro atoms. The normalized spacial score (nSPS) is 10.7. The van der Waals surface area contributed by atoms with Gasteiger partial charge in [-0.05, 0) is 17.7 Å². The first-order valence-corrected chi connectivity index (χ1v) is 4.47. The van der Waals surface area contributed by atoms with Crippen LogP contribution in [0.5, 0.6) is 0 Å². The lowest BCUT2D eigenvalue weighted by molar-refractivity contribution is 0.444. The Bertz CT molecular complexity index is 499. The number of imidazole rings is 1. The van der Waals surface area contributed by atoms with E-state index in [-0.39, 0.29) is 6.54 Å². The van der Waals surface area contributed by atoms with E-state index >= 15 is 0 Å². The molecule has 84 valence electrons. The van der Waals surface area contributed by atoms with Gasteiger partial charge in [0.1, 0.15) is 5.82 Å². The molecule has 1 heterocycles. The fourth-order valence-corrected chi connectivity index (χ4v) is 1.37. The summed E-state index contributed by atoms with van der Waals surface area (Å²) in [5.74, 6) is -3.57. The third kappa shape index (κ3) is 2.00. The number of benzene rings is 1. The van der Waals surface area contributed by atoms with Crippen molar-refractivity contribution in [2.45, 2.75) is 6.54 Å². The van der Waals surface area contributed by atoms with Gasteiger partial charge in [-0.15, -0.1) is 0 Å². The third-order valence-electron chi connectivity index (χ3n) is 2.06. The highest BCUT2D eigenvalue weighted by atomic mass is 19.2. The second kappa shape index (κ2) is 3.88. The van der Waals surface area contributed by atoms with E-state index in [0.717, 1.165) is 12.1 Å². The average molecular weight is 227 g/mol. The molecule has 1 aromatic carbocycles. The van der Waals surface area contributed by atoms with Crippen LogP contribution >= 0.6 is 0 Å². The number of nitrogens with two attached hydrogens (primary N) is 1. The first-order valence-electron chi connectivity index (χ1n) is 4.47. The summed E-state index contributed by atoms with van der Waals surface area (Å²) < 4.78 is 40.0. The molecule has 0 aliphatic rings. The minimum atomic E-state index is -1.46. The van der Waals surface area contributed by atoms with Gasteiger partial charge in [-0.3, -0.25) is 0 Å². The summed E-state index contributed by atoms with van der Waals surface area (Å²) in [5, 5.41) is 0. The number of nitrogen functional groups attached to an aromatic ring is 1. The van der Waals surface area contributed by atoms with Crippen molar-refractivity contribution in [2.75, 3.05) is 5.73 Å². The van der Waals surface area contributed by atoms with Crippen LogP contribution in [0.25, 0.3) is 0 Å². The Hall–Kier alpha value is -1.98. The van der Waals surface area contributed by atoms with Crippen LogP contribution in [-0.4, -0.2) is 9.55 Å². The van der Waals surface area contributed by atoms with E-state index in [1.165, 1.54) is 12.5 Å². The molecule has 16 heavy (non-hydrogen) atoms. The van der Waals surface area contributed by atoms with Crippen LogP contribution in [0.3, 0.4) is 0 Å². The van der Waals surface area contributed by atoms with Crippen molar-refractivity contribution in [3.05, 3.63) is 47.7 Å². The predicted molar refractivity (Wildman–Crippen MR) is 52.1 cm³/mol. The fourth-order valence-electron chi connectivity index (χ4n) is 1.37. The number of hydrogen-bond acceptors (Lipinski definition) is 2. The highest BCUT2D eigenvalue weighted by molar-refractivity contribution is 5.25. The molecule has 0 saturated carbocycles. The maximum absolute atomic E-state index is 12.9. The molecule has 6 heteroatoms. The number of halogens is 3. The van der Waals surface area contributed by atoms with Gasteiger partial charge in [0.05, 0.1) is 6.33 Å². The zero-order valence-corrected chi connectivity index (χ0v) is 8.12. The van der Waals surface area contributed by atoms with Crippen molar-refractivity contribution < 1.29 is 13.2 Å². The van der Waals surface area contributed by atoms with Crippen molar-refractivity contribution >= 4 is 5.82 Å². The molecule has 2 rings (SSSR count). The number of anilines is 1. The Labute approximate surface area is 89.3 Å².